The van der Waals surface area contributed by atoms with Gasteiger partial charge in [-0.1, -0.05) is 0 Å². The van der Waals surface area contributed by atoms with E-state index in [1.807, 2.05) is 6.92 Å². The van der Waals surface area contributed by atoms with Crippen LogP contribution in [0.2, 0.25) is 0 Å². The molecule has 0 unspecified atom stereocenters. The predicted octanol–water partition coefficient (Wildman–Crippen LogP) is 1.39. The summed E-state index contributed by atoms with van der Waals surface area (Å²) >= 11 is 0. The lowest BCUT2D eigenvalue weighted by Crippen LogP contribution is -2.27. The molecule has 100 valence electrons. The van der Waals surface area contributed by atoms with E-state index < -0.39 is 0 Å². The van der Waals surface area contributed by atoms with Crippen molar-refractivity contribution in [2.75, 3.05) is 34.5 Å². The number of methoxy groups -OCH3 is 3. The topological polar surface area (TPSA) is 56.8 Å². The number of rotatable bonds is 6. The number of carbonyl (C=O) groups is 1. The van der Waals surface area contributed by atoms with Crippen molar-refractivity contribution in [2.24, 2.45) is 0 Å². The van der Waals surface area contributed by atoms with Gasteiger partial charge >= 0.3 is 0 Å². The standard InChI is InChI=1S/C13H19NO4/c1-9-11(17-3)6-5-10(12(9)18-4)13(15)14-7-8-16-2/h5-6H,7-8H2,1-4H3,(H,14,15). The molecular weight excluding hydrogens is 234 g/mol. The second-order valence-electron chi connectivity index (χ2n) is 3.72. The summed E-state index contributed by atoms with van der Waals surface area (Å²) in [6.07, 6.45) is 0. The van der Waals surface area contributed by atoms with E-state index in [-0.39, 0.29) is 5.91 Å². The van der Waals surface area contributed by atoms with Gasteiger partial charge in [-0.2, -0.15) is 0 Å². The third-order valence-electron chi connectivity index (χ3n) is 2.62. The van der Waals surface area contributed by atoms with Crippen molar-refractivity contribution in [1.82, 2.24) is 5.32 Å². The van der Waals surface area contributed by atoms with Crippen LogP contribution in [-0.2, 0) is 4.74 Å². The molecule has 5 nitrogen and oxygen atoms in total. The molecule has 0 radical (unpaired) electrons. The lowest BCUT2D eigenvalue weighted by molar-refractivity contribution is 0.0934. The lowest BCUT2D eigenvalue weighted by Gasteiger charge is -2.14. The van der Waals surface area contributed by atoms with Crippen LogP contribution in [0.4, 0.5) is 0 Å². The highest BCUT2D eigenvalue weighted by atomic mass is 16.5. The fraction of sp³-hybridized carbons (Fsp3) is 0.462. The summed E-state index contributed by atoms with van der Waals surface area (Å²) in [5, 5.41) is 2.75. The minimum Gasteiger partial charge on any atom is -0.496 e. The van der Waals surface area contributed by atoms with Crippen molar-refractivity contribution in [1.29, 1.82) is 0 Å². The van der Waals surface area contributed by atoms with Crippen LogP contribution < -0.4 is 14.8 Å². The van der Waals surface area contributed by atoms with E-state index in [1.54, 1.807) is 26.4 Å². The van der Waals surface area contributed by atoms with Crippen molar-refractivity contribution >= 4 is 5.91 Å². The second-order valence-corrected chi connectivity index (χ2v) is 3.72. The van der Waals surface area contributed by atoms with Crippen molar-refractivity contribution in [3.8, 4) is 11.5 Å². The van der Waals surface area contributed by atoms with Crippen LogP contribution in [0.5, 0.6) is 11.5 Å². The van der Waals surface area contributed by atoms with Gasteiger partial charge < -0.3 is 19.5 Å². The van der Waals surface area contributed by atoms with Crippen molar-refractivity contribution in [3.63, 3.8) is 0 Å². The second kappa shape index (κ2) is 6.86. The van der Waals surface area contributed by atoms with Gasteiger partial charge in [-0.15, -0.1) is 0 Å². The number of hydrogen-bond acceptors (Lipinski definition) is 4. The van der Waals surface area contributed by atoms with Gasteiger partial charge in [0.05, 0.1) is 26.4 Å². The molecule has 0 bridgehead atoms. The summed E-state index contributed by atoms with van der Waals surface area (Å²) in [5.74, 6) is 1.04. The molecule has 1 aromatic carbocycles. The number of nitrogens with one attached hydrogen (secondary N) is 1. The zero-order valence-corrected chi connectivity index (χ0v) is 11.2. The Bertz CT molecular complexity index is 418. The Morgan fingerprint density at radius 3 is 2.50 bits per heavy atom. The third-order valence-corrected chi connectivity index (χ3v) is 2.62. The van der Waals surface area contributed by atoms with E-state index in [9.17, 15) is 4.79 Å². The van der Waals surface area contributed by atoms with Gasteiger partial charge in [-0.25, -0.2) is 0 Å². The molecule has 0 saturated heterocycles. The van der Waals surface area contributed by atoms with Crippen LogP contribution in [0.3, 0.4) is 0 Å². The van der Waals surface area contributed by atoms with E-state index >= 15 is 0 Å². The van der Waals surface area contributed by atoms with Gasteiger partial charge in [-0.3, -0.25) is 4.79 Å². The molecule has 0 aromatic heterocycles. The van der Waals surface area contributed by atoms with Crippen LogP contribution in [0.15, 0.2) is 12.1 Å². The Kier molecular flexibility index (Phi) is 5.45. The molecule has 18 heavy (non-hydrogen) atoms. The molecular formula is C13H19NO4. The fourth-order valence-corrected chi connectivity index (χ4v) is 1.70. The summed E-state index contributed by atoms with van der Waals surface area (Å²) in [7, 11) is 4.71. The molecule has 1 rings (SSSR count). The molecule has 0 saturated carbocycles. The summed E-state index contributed by atoms with van der Waals surface area (Å²) in [6, 6.07) is 3.44. The number of carbonyl (C=O) groups excluding carboxylic acids is 1. The van der Waals surface area contributed by atoms with Gasteiger partial charge in [0.1, 0.15) is 11.5 Å². The van der Waals surface area contributed by atoms with E-state index in [0.717, 1.165) is 5.56 Å². The molecule has 1 N–H and O–H groups in total. The van der Waals surface area contributed by atoms with E-state index in [4.69, 9.17) is 14.2 Å². The average molecular weight is 253 g/mol. The maximum Gasteiger partial charge on any atom is 0.255 e. The summed E-state index contributed by atoms with van der Waals surface area (Å²) in [5.41, 5.74) is 1.30. The molecule has 1 aromatic rings. The Morgan fingerprint density at radius 2 is 1.94 bits per heavy atom. The van der Waals surface area contributed by atoms with E-state index in [0.29, 0.717) is 30.2 Å². The Hall–Kier alpha value is -1.75. The van der Waals surface area contributed by atoms with Crippen LogP contribution in [0, 0.1) is 6.92 Å². The van der Waals surface area contributed by atoms with Crippen molar-refractivity contribution in [2.45, 2.75) is 6.92 Å². The van der Waals surface area contributed by atoms with Crippen LogP contribution in [0.1, 0.15) is 15.9 Å². The molecule has 0 aliphatic carbocycles. The summed E-state index contributed by atoms with van der Waals surface area (Å²) < 4.78 is 15.3. The van der Waals surface area contributed by atoms with Crippen LogP contribution in [-0.4, -0.2) is 40.4 Å². The van der Waals surface area contributed by atoms with E-state index in [1.165, 1.54) is 7.11 Å². The van der Waals surface area contributed by atoms with E-state index in [2.05, 4.69) is 5.32 Å². The van der Waals surface area contributed by atoms with Crippen molar-refractivity contribution < 1.29 is 19.0 Å². The molecule has 5 heteroatoms. The Morgan fingerprint density at radius 1 is 1.22 bits per heavy atom. The minimum absolute atomic E-state index is 0.186. The Labute approximate surface area is 107 Å². The molecule has 0 aliphatic rings. The zero-order chi connectivity index (χ0) is 13.5. The first kappa shape index (κ1) is 14.3. The smallest absolute Gasteiger partial charge is 0.255 e. The number of amides is 1. The van der Waals surface area contributed by atoms with Crippen LogP contribution >= 0.6 is 0 Å². The highest BCUT2D eigenvalue weighted by molar-refractivity contribution is 5.97. The maximum absolute atomic E-state index is 12.0. The van der Waals surface area contributed by atoms with Gasteiger partial charge in [-0.05, 0) is 19.1 Å². The third kappa shape index (κ3) is 3.13. The molecule has 0 atom stereocenters. The van der Waals surface area contributed by atoms with Crippen LogP contribution in [0.25, 0.3) is 0 Å². The summed E-state index contributed by atoms with van der Waals surface area (Å²) in [6.45, 7) is 2.79. The van der Waals surface area contributed by atoms with Crippen molar-refractivity contribution in [3.05, 3.63) is 23.3 Å². The van der Waals surface area contributed by atoms with Gasteiger partial charge in [0.15, 0.2) is 0 Å². The molecule has 0 heterocycles. The zero-order valence-electron chi connectivity index (χ0n) is 11.2. The first-order chi connectivity index (χ1) is 8.65. The number of benzene rings is 1. The molecule has 1 amide bonds. The van der Waals surface area contributed by atoms with Gasteiger partial charge in [0, 0.05) is 19.2 Å². The maximum atomic E-state index is 12.0. The normalized spacial score (nSPS) is 10.0. The summed E-state index contributed by atoms with van der Waals surface area (Å²) in [4.78, 5) is 12.0. The predicted molar refractivity (Wildman–Crippen MR) is 68.5 cm³/mol. The first-order valence-corrected chi connectivity index (χ1v) is 5.64. The van der Waals surface area contributed by atoms with Gasteiger partial charge in [0.25, 0.3) is 5.91 Å². The molecule has 0 aliphatic heterocycles. The fourth-order valence-electron chi connectivity index (χ4n) is 1.70. The first-order valence-electron chi connectivity index (χ1n) is 5.64. The SMILES string of the molecule is COCCNC(=O)c1ccc(OC)c(C)c1OC. The highest BCUT2D eigenvalue weighted by Gasteiger charge is 2.16. The Balaban J connectivity index is 2.94. The lowest BCUT2D eigenvalue weighted by atomic mass is 10.1. The number of ether oxygens (including phenoxy) is 3. The minimum atomic E-state index is -0.186. The largest absolute Gasteiger partial charge is 0.496 e. The number of hydrogen-bond donors (Lipinski definition) is 1. The molecule has 0 fully saturated rings. The van der Waals surface area contributed by atoms with Gasteiger partial charge in [0.2, 0.25) is 0 Å². The monoisotopic (exact) mass is 253 g/mol. The average Bonchev–Trinajstić information content (AvgIpc) is 2.38. The molecule has 0 spiro atoms. The quantitative estimate of drug-likeness (QED) is 0.778. The highest BCUT2D eigenvalue weighted by Crippen LogP contribution is 2.31.